The van der Waals surface area contributed by atoms with E-state index in [-0.39, 0.29) is 5.82 Å². The molecule has 0 aliphatic carbocycles. The highest BCUT2D eigenvalue weighted by atomic mass is 79.9. The first-order chi connectivity index (χ1) is 9.49. The van der Waals surface area contributed by atoms with Crippen molar-refractivity contribution < 1.29 is 4.39 Å². The molecule has 0 saturated heterocycles. The van der Waals surface area contributed by atoms with Crippen molar-refractivity contribution in [2.45, 2.75) is 39.9 Å². The number of hydrogen-bond acceptors (Lipinski definition) is 2. The molecule has 2 rings (SSSR count). The fourth-order valence-corrected chi connectivity index (χ4v) is 2.35. The molecule has 108 valence electrons. The minimum atomic E-state index is -0.242. The van der Waals surface area contributed by atoms with Gasteiger partial charge in [0, 0.05) is 23.8 Å². The van der Waals surface area contributed by atoms with Gasteiger partial charge in [-0.05, 0) is 34.5 Å². The van der Waals surface area contributed by atoms with Crippen molar-refractivity contribution in [2.24, 2.45) is 0 Å². The van der Waals surface area contributed by atoms with Crippen molar-refractivity contribution in [3.8, 4) is 0 Å². The number of hydrogen-bond donors (Lipinski definition) is 1. The van der Waals surface area contributed by atoms with Gasteiger partial charge in [0.25, 0.3) is 0 Å². The number of nitrogens with zero attached hydrogens (tertiary/aromatic N) is 2. The minimum absolute atomic E-state index is 0.242. The van der Waals surface area contributed by atoms with E-state index < -0.39 is 0 Å². The highest BCUT2D eigenvalue weighted by Gasteiger charge is 2.10. The van der Waals surface area contributed by atoms with Gasteiger partial charge in [0.15, 0.2) is 0 Å². The molecule has 1 aromatic carbocycles. The molecule has 0 amide bonds. The molecule has 1 N–H and O–H groups in total. The van der Waals surface area contributed by atoms with Crippen LogP contribution in [0.4, 0.5) is 4.39 Å². The highest BCUT2D eigenvalue weighted by Crippen LogP contribution is 2.22. The van der Waals surface area contributed by atoms with Crippen molar-refractivity contribution in [3.63, 3.8) is 0 Å². The molecule has 1 aromatic heterocycles. The van der Waals surface area contributed by atoms with Gasteiger partial charge < -0.3 is 5.32 Å². The molecule has 0 radical (unpaired) electrons. The van der Waals surface area contributed by atoms with E-state index in [1.165, 1.54) is 11.6 Å². The summed E-state index contributed by atoms with van der Waals surface area (Å²) < 4.78 is 15.9. The van der Waals surface area contributed by atoms with Crippen molar-refractivity contribution in [1.82, 2.24) is 15.1 Å². The predicted octanol–water partition coefficient (Wildman–Crippen LogP) is 3.64. The number of aromatic nitrogens is 2. The Kier molecular flexibility index (Phi) is 4.94. The van der Waals surface area contributed by atoms with E-state index in [4.69, 9.17) is 0 Å². The zero-order valence-electron chi connectivity index (χ0n) is 12.0. The van der Waals surface area contributed by atoms with Gasteiger partial charge in [0.1, 0.15) is 5.82 Å². The lowest BCUT2D eigenvalue weighted by atomic mass is 10.2. The Hall–Kier alpha value is -1.20. The van der Waals surface area contributed by atoms with E-state index in [0.717, 1.165) is 17.8 Å². The average Bonchev–Trinajstić information content (AvgIpc) is 2.74. The molecule has 3 nitrogen and oxygen atoms in total. The van der Waals surface area contributed by atoms with Crippen LogP contribution >= 0.6 is 15.9 Å². The van der Waals surface area contributed by atoms with Gasteiger partial charge >= 0.3 is 0 Å². The Labute approximate surface area is 127 Å². The molecule has 0 aliphatic rings. The third-order valence-corrected chi connectivity index (χ3v) is 4.15. The van der Waals surface area contributed by atoms with Crippen molar-refractivity contribution in [2.75, 3.05) is 0 Å². The summed E-state index contributed by atoms with van der Waals surface area (Å²) >= 11 is 3.29. The second-order valence-corrected chi connectivity index (χ2v) is 5.95. The molecule has 0 unspecified atom stereocenters. The third kappa shape index (κ3) is 3.46. The van der Waals surface area contributed by atoms with Crippen LogP contribution < -0.4 is 5.32 Å². The summed E-state index contributed by atoms with van der Waals surface area (Å²) in [6.07, 6.45) is 1.87. The van der Waals surface area contributed by atoms with Gasteiger partial charge in [-0.1, -0.05) is 26.0 Å². The summed E-state index contributed by atoms with van der Waals surface area (Å²) in [7, 11) is 0. The number of nitrogens with one attached hydrogen (secondary N) is 1. The highest BCUT2D eigenvalue weighted by molar-refractivity contribution is 9.10. The lowest BCUT2D eigenvalue weighted by Gasteiger charge is -2.10. The number of benzene rings is 1. The van der Waals surface area contributed by atoms with Crippen LogP contribution in [0.25, 0.3) is 0 Å². The molecule has 0 bridgehead atoms. The maximum Gasteiger partial charge on any atom is 0.137 e. The Morgan fingerprint density at radius 2 is 2.10 bits per heavy atom. The fraction of sp³-hybridized carbons (Fsp3) is 0.400. The maximum atomic E-state index is 13.5. The van der Waals surface area contributed by atoms with E-state index in [2.05, 4.69) is 40.2 Å². The first-order valence-electron chi connectivity index (χ1n) is 6.66. The summed E-state index contributed by atoms with van der Waals surface area (Å²) in [6, 6.07) is 5.51. The molecular formula is C15H19BrFN3. The minimum Gasteiger partial charge on any atom is -0.310 e. The summed E-state index contributed by atoms with van der Waals surface area (Å²) in [4.78, 5) is 0. The van der Waals surface area contributed by atoms with Gasteiger partial charge in [-0.25, -0.2) is 4.39 Å². The summed E-state index contributed by atoms with van der Waals surface area (Å²) in [5.41, 5.74) is 3.17. The molecule has 0 spiro atoms. The van der Waals surface area contributed by atoms with Gasteiger partial charge in [-0.2, -0.15) is 5.10 Å². The zero-order valence-corrected chi connectivity index (χ0v) is 13.5. The van der Waals surface area contributed by atoms with E-state index in [0.29, 0.717) is 17.1 Å². The monoisotopic (exact) mass is 339 g/mol. The van der Waals surface area contributed by atoms with Crippen LogP contribution in [-0.2, 0) is 13.1 Å². The molecule has 0 aliphatic heterocycles. The van der Waals surface area contributed by atoms with E-state index >= 15 is 0 Å². The first kappa shape index (κ1) is 15.2. The van der Waals surface area contributed by atoms with Crippen LogP contribution in [0.1, 0.15) is 30.7 Å². The molecule has 2 aromatic rings. The molecule has 0 atom stereocenters. The first-order valence-corrected chi connectivity index (χ1v) is 7.46. The summed E-state index contributed by atoms with van der Waals surface area (Å²) in [5.74, 6) is -0.242. The molecule has 0 fully saturated rings. The molecular weight excluding hydrogens is 321 g/mol. The molecule has 1 heterocycles. The van der Waals surface area contributed by atoms with Gasteiger partial charge in [-0.15, -0.1) is 0 Å². The normalized spacial score (nSPS) is 11.3. The zero-order chi connectivity index (χ0) is 14.7. The second kappa shape index (κ2) is 6.50. The van der Waals surface area contributed by atoms with Crippen molar-refractivity contribution in [1.29, 1.82) is 0 Å². The van der Waals surface area contributed by atoms with Crippen LogP contribution in [0.3, 0.4) is 0 Å². The maximum absolute atomic E-state index is 13.5. The van der Waals surface area contributed by atoms with Gasteiger partial charge in [0.2, 0.25) is 0 Å². The molecule has 20 heavy (non-hydrogen) atoms. The van der Waals surface area contributed by atoms with Crippen molar-refractivity contribution >= 4 is 15.9 Å². The van der Waals surface area contributed by atoms with Crippen molar-refractivity contribution in [3.05, 3.63) is 51.5 Å². The predicted molar refractivity (Wildman–Crippen MR) is 82.1 cm³/mol. The molecule has 5 heteroatoms. The van der Waals surface area contributed by atoms with E-state index in [1.54, 1.807) is 6.07 Å². The Morgan fingerprint density at radius 1 is 1.35 bits per heavy atom. The van der Waals surface area contributed by atoms with E-state index in [1.807, 2.05) is 23.9 Å². The van der Waals surface area contributed by atoms with Crippen LogP contribution in [-0.4, -0.2) is 15.8 Å². The SMILES string of the molecule is Cc1c(CNC(C)C)cnn1Cc1cccc(F)c1Br. The quantitative estimate of drug-likeness (QED) is 0.901. The number of halogens is 2. The van der Waals surface area contributed by atoms with Crippen LogP contribution in [0, 0.1) is 12.7 Å². The van der Waals surface area contributed by atoms with Gasteiger partial charge in [0.05, 0.1) is 17.2 Å². The standard InChI is InChI=1S/C15H19BrFN3/c1-10(2)18-7-13-8-19-20(11(13)3)9-12-5-4-6-14(17)15(12)16/h4-6,8,10,18H,7,9H2,1-3H3. The lowest BCUT2D eigenvalue weighted by Crippen LogP contribution is -2.22. The third-order valence-electron chi connectivity index (χ3n) is 3.26. The Morgan fingerprint density at radius 3 is 2.80 bits per heavy atom. The smallest absolute Gasteiger partial charge is 0.137 e. The second-order valence-electron chi connectivity index (χ2n) is 5.16. The fourth-order valence-electron chi connectivity index (χ4n) is 1.96. The molecule has 0 saturated carbocycles. The Bertz CT molecular complexity index is 593. The average molecular weight is 340 g/mol. The lowest BCUT2D eigenvalue weighted by molar-refractivity contribution is 0.584. The number of rotatable bonds is 5. The summed E-state index contributed by atoms with van der Waals surface area (Å²) in [6.45, 7) is 7.63. The largest absolute Gasteiger partial charge is 0.310 e. The van der Waals surface area contributed by atoms with Crippen LogP contribution in [0.2, 0.25) is 0 Å². The topological polar surface area (TPSA) is 29.9 Å². The van der Waals surface area contributed by atoms with Gasteiger partial charge in [-0.3, -0.25) is 4.68 Å². The Balaban J connectivity index is 2.16. The van der Waals surface area contributed by atoms with Crippen LogP contribution in [0.5, 0.6) is 0 Å². The summed E-state index contributed by atoms with van der Waals surface area (Å²) in [5, 5.41) is 7.77. The van der Waals surface area contributed by atoms with Crippen LogP contribution in [0.15, 0.2) is 28.9 Å². The van der Waals surface area contributed by atoms with E-state index in [9.17, 15) is 4.39 Å².